The molecule has 0 aliphatic heterocycles. The highest BCUT2D eigenvalue weighted by Gasteiger charge is 2.54. The molecule has 3 aliphatic rings. The van der Waals surface area contributed by atoms with Crippen LogP contribution < -0.4 is 4.72 Å². The maximum Gasteiger partial charge on any atom is 0.0458 e. The Kier molecular flexibility index (Phi) is 3.46. The number of anilines is 1. The van der Waals surface area contributed by atoms with E-state index in [1.807, 2.05) is 11.9 Å². The summed E-state index contributed by atoms with van der Waals surface area (Å²) in [7, 11) is 0. The lowest BCUT2D eigenvalue weighted by atomic mass is 9.47. The Morgan fingerprint density at radius 2 is 1.95 bits per heavy atom. The summed E-state index contributed by atoms with van der Waals surface area (Å²) in [5, 5.41) is 0.570. The number of hydrogen-bond donors (Lipinski definition) is 1. The molecule has 102 valence electrons. The van der Waals surface area contributed by atoms with Crippen LogP contribution in [0, 0.1) is 17.3 Å². The molecule has 1 N–H and O–H groups in total. The summed E-state index contributed by atoms with van der Waals surface area (Å²) in [4.78, 5) is 0. The van der Waals surface area contributed by atoms with Crippen molar-refractivity contribution >= 4 is 33.6 Å². The van der Waals surface area contributed by atoms with Gasteiger partial charge in [0.05, 0.1) is 0 Å². The van der Waals surface area contributed by atoms with E-state index in [1.165, 1.54) is 24.1 Å². The predicted molar refractivity (Wildman–Crippen MR) is 88.3 cm³/mol. The van der Waals surface area contributed by atoms with Gasteiger partial charge in [0.25, 0.3) is 0 Å². The zero-order chi connectivity index (χ0) is 13.6. The number of benzene rings is 1. The molecule has 2 bridgehead atoms. The van der Waals surface area contributed by atoms with Crippen LogP contribution in [0.2, 0.25) is 0 Å². The highest BCUT2D eigenvalue weighted by Crippen LogP contribution is 2.62. The summed E-state index contributed by atoms with van der Waals surface area (Å²) in [6.07, 6.45) is 2.64. The summed E-state index contributed by atoms with van der Waals surface area (Å²) < 4.78 is 4.59. The lowest BCUT2D eigenvalue weighted by molar-refractivity contribution is -0.0249. The van der Waals surface area contributed by atoms with E-state index in [4.69, 9.17) is 0 Å². The Bertz CT molecular complexity index is 494. The van der Waals surface area contributed by atoms with Crippen LogP contribution in [0.4, 0.5) is 5.69 Å². The molecule has 3 heteroatoms. The molecule has 3 fully saturated rings. The molecule has 0 heterocycles. The van der Waals surface area contributed by atoms with Crippen molar-refractivity contribution in [1.82, 2.24) is 0 Å². The first-order valence-electron chi connectivity index (χ1n) is 6.84. The fraction of sp³-hybridized carbons (Fsp3) is 0.500. The first-order chi connectivity index (χ1) is 8.98. The number of hydrogen-bond acceptors (Lipinski definition) is 2. The van der Waals surface area contributed by atoms with E-state index in [-0.39, 0.29) is 0 Å². The van der Waals surface area contributed by atoms with Crippen LogP contribution in [0.5, 0.6) is 0 Å². The second kappa shape index (κ2) is 4.85. The Labute approximate surface area is 128 Å². The molecular weight excluding hydrogens is 318 g/mol. The fourth-order valence-electron chi connectivity index (χ4n) is 3.46. The Morgan fingerprint density at radius 1 is 1.26 bits per heavy atom. The van der Waals surface area contributed by atoms with E-state index >= 15 is 0 Å². The minimum absolute atomic E-state index is 0.492. The van der Waals surface area contributed by atoms with Gasteiger partial charge in [-0.15, -0.1) is 0 Å². The van der Waals surface area contributed by atoms with Crippen molar-refractivity contribution in [3.8, 4) is 0 Å². The van der Waals surface area contributed by atoms with Crippen molar-refractivity contribution in [2.45, 2.75) is 31.9 Å². The third-order valence-corrected chi connectivity index (χ3v) is 6.66. The molecule has 1 aromatic rings. The van der Waals surface area contributed by atoms with Crippen molar-refractivity contribution in [3.63, 3.8) is 0 Å². The molecule has 1 unspecified atom stereocenters. The van der Waals surface area contributed by atoms with Crippen LogP contribution in [0.1, 0.15) is 26.7 Å². The molecule has 4 rings (SSSR count). The van der Waals surface area contributed by atoms with Crippen LogP contribution in [0.25, 0.3) is 0 Å². The summed E-state index contributed by atoms with van der Waals surface area (Å²) >= 11 is 5.29. The molecule has 1 aromatic carbocycles. The van der Waals surface area contributed by atoms with Crippen molar-refractivity contribution in [3.05, 3.63) is 40.9 Å². The van der Waals surface area contributed by atoms with Gasteiger partial charge in [-0.3, -0.25) is 0 Å². The van der Waals surface area contributed by atoms with Gasteiger partial charge in [0.2, 0.25) is 0 Å². The maximum atomic E-state index is 4.37. The number of nitrogens with one attached hydrogen (secondary N) is 1. The van der Waals surface area contributed by atoms with E-state index < -0.39 is 0 Å². The minimum atomic E-state index is 0.492. The largest absolute Gasteiger partial charge is 0.329 e. The average molecular weight is 338 g/mol. The van der Waals surface area contributed by atoms with Gasteiger partial charge >= 0.3 is 0 Å². The van der Waals surface area contributed by atoms with Gasteiger partial charge in [0.1, 0.15) is 0 Å². The van der Waals surface area contributed by atoms with E-state index in [0.29, 0.717) is 10.7 Å². The van der Waals surface area contributed by atoms with Crippen LogP contribution in [-0.4, -0.2) is 5.25 Å². The first kappa shape index (κ1) is 13.6. The quantitative estimate of drug-likeness (QED) is 0.577. The Hall–Kier alpha value is -0.410. The molecule has 0 aromatic heterocycles. The summed E-state index contributed by atoms with van der Waals surface area (Å²) in [6.45, 7) is 9.17. The Balaban J connectivity index is 1.60. The van der Waals surface area contributed by atoms with Crippen molar-refractivity contribution in [1.29, 1.82) is 0 Å². The second-order valence-electron chi connectivity index (χ2n) is 6.33. The Morgan fingerprint density at radius 3 is 2.53 bits per heavy atom. The van der Waals surface area contributed by atoms with Crippen LogP contribution >= 0.6 is 27.9 Å². The highest BCUT2D eigenvalue weighted by molar-refractivity contribution is 9.10. The van der Waals surface area contributed by atoms with Crippen LogP contribution in [-0.2, 0) is 0 Å². The lowest BCUT2D eigenvalue weighted by Crippen LogP contribution is -2.52. The molecule has 19 heavy (non-hydrogen) atoms. The zero-order valence-corrected chi connectivity index (χ0v) is 13.9. The van der Waals surface area contributed by atoms with Crippen molar-refractivity contribution < 1.29 is 0 Å². The van der Waals surface area contributed by atoms with Gasteiger partial charge in [-0.1, -0.05) is 41.9 Å². The van der Waals surface area contributed by atoms with Gasteiger partial charge in [-0.25, -0.2) is 0 Å². The third-order valence-electron chi connectivity index (χ3n) is 4.99. The molecule has 0 radical (unpaired) electrons. The molecule has 0 saturated heterocycles. The summed E-state index contributed by atoms with van der Waals surface area (Å²) in [6, 6.07) is 8.35. The topological polar surface area (TPSA) is 12.0 Å². The molecule has 3 saturated carbocycles. The normalized spacial score (nSPS) is 31.7. The number of rotatable bonds is 3. The molecular formula is C16H20BrNS. The van der Waals surface area contributed by atoms with E-state index in [9.17, 15) is 0 Å². The monoisotopic (exact) mass is 337 g/mol. The second-order valence-corrected chi connectivity index (χ2v) is 8.26. The van der Waals surface area contributed by atoms with Gasteiger partial charge < -0.3 is 4.72 Å². The van der Waals surface area contributed by atoms with Crippen LogP contribution in [0.15, 0.2) is 40.9 Å². The van der Waals surface area contributed by atoms with Crippen molar-refractivity contribution in [2.75, 3.05) is 4.72 Å². The van der Waals surface area contributed by atoms with Gasteiger partial charge in [0.15, 0.2) is 0 Å². The smallest absolute Gasteiger partial charge is 0.0458 e. The number of halogens is 1. The SMILES string of the molecule is C=C1C(SNc2ccc(Br)cc2)C[C@@H]2C[C@H]1C2(C)C. The van der Waals surface area contributed by atoms with E-state index in [2.05, 4.69) is 65.3 Å². The number of fused-ring (bicyclic) bond motifs is 2. The highest BCUT2D eigenvalue weighted by atomic mass is 79.9. The predicted octanol–water partition coefficient (Wildman–Crippen LogP) is 5.50. The minimum Gasteiger partial charge on any atom is -0.329 e. The molecule has 3 aliphatic carbocycles. The standard InChI is InChI=1S/C16H20BrNS/c1-10-14-8-11(16(14,2)3)9-15(10)19-18-13-6-4-12(17)5-7-13/h4-7,11,14-15,18H,1,8-9H2,2-3H3/t11-,14+,15?/m0/s1. The van der Waals surface area contributed by atoms with Gasteiger partial charge in [-0.05, 0) is 66.3 Å². The summed E-state index contributed by atoms with van der Waals surface area (Å²) in [5.74, 6) is 1.61. The first-order valence-corrected chi connectivity index (χ1v) is 8.51. The zero-order valence-electron chi connectivity index (χ0n) is 11.4. The molecule has 3 atom stereocenters. The van der Waals surface area contributed by atoms with E-state index in [0.717, 1.165) is 16.3 Å². The molecule has 0 amide bonds. The van der Waals surface area contributed by atoms with Crippen LogP contribution in [0.3, 0.4) is 0 Å². The average Bonchev–Trinajstić information content (AvgIpc) is 2.38. The fourth-order valence-corrected chi connectivity index (χ4v) is 4.78. The maximum absolute atomic E-state index is 4.37. The van der Waals surface area contributed by atoms with Crippen molar-refractivity contribution in [2.24, 2.45) is 17.3 Å². The lowest BCUT2D eigenvalue weighted by Gasteiger charge is -2.59. The summed E-state index contributed by atoms with van der Waals surface area (Å²) in [5.41, 5.74) is 3.10. The molecule has 0 spiro atoms. The van der Waals surface area contributed by atoms with E-state index in [1.54, 1.807) is 0 Å². The van der Waals surface area contributed by atoms with Gasteiger partial charge in [-0.2, -0.15) is 0 Å². The van der Waals surface area contributed by atoms with Gasteiger partial charge in [0, 0.05) is 15.4 Å². The third kappa shape index (κ3) is 2.36. The molecule has 1 nitrogen and oxygen atoms in total.